The third-order valence-electron chi connectivity index (χ3n) is 5.67. The van der Waals surface area contributed by atoms with Gasteiger partial charge in [-0.05, 0) is 50.2 Å². The Morgan fingerprint density at radius 3 is 2.36 bits per heavy atom. The molecule has 0 saturated carbocycles. The Kier molecular flexibility index (Phi) is 6.82. The standard InChI is InChI=1S/C20H29F3N4O/c1-2-25-10-12-27(13-11-25)18-7-5-17(6-8-18)24-19(28)15-26-9-3-4-16(14-26)20(21,22)23/h5-8,16H,2-4,9-15H2,1H3,(H,24,28)/t16-/m0/s1. The molecule has 2 saturated heterocycles. The number of rotatable bonds is 5. The molecule has 28 heavy (non-hydrogen) atoms. The van der Waals surface area contributed by atoms with Crippen molar-refractivity contribution in [2.24, 2.45) is 5.92 Å². The summed E-state index contributed by atoms with van der Waals surface area (Å²) in [6.07, 6.45) is -3.57. The van der Waals surface area contributed by atoms with Crippen molar-refractivity contribution in [1.29, 1.82) is 0 Å². The van der Waals surface area contributed by atoms with Crippen LogP contribution in [0, 0.1) is 5.92 Å². The summed E-state index contributed by atoms with van der Waals surface area (Å²) in [6.45, 7) is 7.71. The second-order valence-corrected chi connectivity index (χ2v) is 7.63. The molecule has 0 spiro atoms. The number of hydrogen-bond acceptors (Lipinski definition) is 4. The molecule has 0 radical (unpaired) electrons. The van der Waals surface area contributed by atoms with Crippen molar-refractivity contribution in [1.82, 2.24) is 9.80 Å². The number of nitrogens with one attached hydrogen (secondary N) is 1. The number of piperidine rings is 1. The summed E-state index contributed by atoms with van der Waals surface area (Å²) in [7, 11) is 0. The van der Waals surface area contributed by atoms with Crippen LogP contribution in [0.5, 0.6) is 0 Å². The molecular weight excluding hydrogens is 369 g/mol. The minimum Gasteiger partial charge on any atom is -0.369 e. The fraction of sp³-hybridized carbons (Fsp3) is 0.650. The van der Waals surface area contributed by atoms with E-state index in [9.17, 15) is 18.0 Å². The fourth-order valence-electron chi connectivity index (χ4n) is 3.95. The third kappa shape index (κ3) is 5.61. The molecule has 1 atom stereocenters. The van der Waals surface area contributed by atoms with Crippen molar-refractivity contribution in [3.05, 3.63) is 24.3 Å². The summed E-state index contributed by atoms with van der Waals surface area (Å²) in [5, 5.41) is 2.80. The number of hydrogen-bond donors (Lipinski definition) is 1. The fourth-order valence-corrected chi connectivity index (χ4v) is 3.95. The molecule has 0 aliphatic carbocycles. The Hall–Kier alpha value is -1.80. The van der Waals surface area contributed by atoms with Gasteiger partial charge in [0.2, 0.25) is 5.91 Å². The van der Waals surface area contributed by atoms with Crippen molar-refractivity contribution >= 4 is 17.3 Å². The average molecular weight is 398 g/mol. The van der Waals surface area contributed by atoms with Crippen molar-refractivity contribution < 1.29 is 18.0 Å². The number of carbonyl (C=O) groups is 1. The Bertz CT molecular complexity index is 642. The largest absolute Gasteiger partial charge is 0.393 e. The van der Waals surface area contributed by atoms with E-state index in [0.29, 0.717) is 18.7 Å². The van der Waals surface area contributed by atoms with Crippen LogP contribution < -0.4 is 10.2 Å². The van der Waals surface area contributed by atoms with E-state index in [-0.39, 0.29) is 25.4 Å². The van der Waals surface area contributed by atoms with Crippen LogP contribution in [0.3, 0.4) is 0 Å². The van der Waals surface area contributed by atoms with Crippen LogP contribution in [0.1, 0.15) is 19.8 Å². The van der Waals surface area contributed by atoms with Crippen molar-refractivity contribution in [3.63, 3.8) is 0 Å². The van der Waals surface area contributed by atoms with E-state index in [0.717, 1.165) is 38.4 Å². The maximum Gasteiger partial charge on any atom is 0.393 e. The molecule has 2 aliphatic rings. The first-order valence-electron chi connectivity index (χ1n) is 10.0. The van der Waals surface area contributed by atoms with Crippen molar-refractivity contribution in [2.45, 2.75) is 25.9 Å². The Balaban J connectivity index is 1.48. The summed E-state index contributed by atoms with van der Waals surface area (Å²) in [6, 6.07) is 7.68. The number of halogens is 3. The number of likely N-dealkylation sites (tertiary alicyclic amines) is 1. The molecule has 2 fully saturated rings. The van der Waals surface area contributed by atoms with Gasteiger partial charge >= 0.3 is 6.18 Å². The molecule has 1 aromatic carbocycles. The number of amides is 1. The first-order chi connectivity index (χ1) is 13.3. The third-order valence-corrected chi connectivity index (χ3v) is 5.67. The van der Waals surface area contributed by atoms with E-state index in [1.54, 1.807) is 4.90 Å². The van der Waals surface area contributed by atoms with Crippen LogP contribution in [0.15, 0.2) is 24.3 Å². The zero-order valence-electron chi connectivity index (χ0n) is 16.3. The van der Waals surface area contributed by atoms with Gasteiger partial charge in [-0.15, -0.1) is 0 Å². The predicted octanol–water partition coefficient (Wildman–Crippen LogP) is 3.04. The zero-order valence-corrected chi connectivity index (χ0v) is 16.3. The van der Waals surface area contributed by atoms with Gasteiger partial charge in [0.25, 0.3) is 0 Å². The summed E-state index contributed by atoms with van der Waals surface area (Å²) < 4.78 is 38.7. The summed E-state index contributed by atoms with van der Waals surface area (Å²) in [5.74, 6) is -1.60. The lowest BCUT2D eigenvalue weighted by atomic mass is 9.97. The molecule has 2 heterocycles. The topological polar surface area (TPSA) is 38.8 Å². The second kappa shape index (κ2) is 9.13. The molecule has 0 aromatic heterocycles. The molecule has 3 rings (SSSR count). The van der Waals surface area contributed by atoms with E-state index in [1.165, 1.54) is 0 Å². The number of alkyl halides is 3. The van der Waals surface area contributed by atoms with Gasteiger partial charge in [0.1, 0.15) is 0 Å². The van der Waals surface area contributed by atoms with Gasteiger partial charge < -0.3 is 15.1 Å². The Morgan fingerprint density at radius 1 is 1.07 bits per heavy atom. The zero-order chi connectivity index (χ0) is 20.1. The van der Waals surface area contributed by atoms with Crippen LogP contribution in [-0.4, -0.2) is 74.2 Å². The van der Waals surface area contributed by atoms with Gasteiger partial charge in [0.05, 0.1) is 12.5 Å². The van der Waals surface area contributed by atoms with Crippen LogP contribution in [0.4, 0.5) is 24.5 Å². The Morgan fingerprint density at radius 2 is 1.75 bits per heavy atom. The number of nitrogens with zero attached hydrogens (tertiary/aromatic N) is 3. The lowest BCUT2D eigenvalue weighted by Crippen LogP contribution is -2.46. The molecule has 1 amide bonds. The van der Waals surface area contributed by atoms with Gasteiger partial charge in [0.15, 0.2) is 0 Å². The second-order valence-electron chi connectivity index (χ2n) is 7.63. The number of anilines is 2. The highest BCUT2D eigenvalue weighted by molar-refractivity contribution is 5.92. The highest BCUT2D eigenvalue weighted by Gasteiger charge is 2.41. The molecule has 0 unspecified atom stereocenters. The Labute approximate surface area is 164 Å². The number of likely N-dealkylation sites (N-methyl/N-ethyl adjacent to an activating group) is 1. The van der Waals surface area contributed by atoms with E-state index in [4.69, 9.17) is 0 Å². The lowest BCUT2D eigenvalue weighted by Gasteiger charge is -2.35. The van der Waals surface area contributed by atoms with Gasteiger partial charge in [-0.25, -0.2) is 0 Å². The van der Waals surface area contributed by atoms with Crippen LogP contribution in [-0.2, 0) is 4.79 Å². The molecule has 5 nitrogen and oxygen atoms in total. The van der Waals surface area contributed by atoms with E-state index in [1.807, 2.05) is 24.3 Å². The normalized spacial score (nSPS) is 22.3. The van der Waals surface area contributed by atoms with Gasteiger partial charge in [-0.1, -0.05) is 6.92 Å². The predicted molar refractivity (Wildman–Crippen MR) is 105 cm³/mol. The first-order valence-corrected chi connectivity index (χ1v) is 10.0. The van der Waals surface area contributed by atoms with Crippen molar-refractivity contribution in [2.75, 3.05) is 62.6 Å². The van der Waals surface area contributed by atoms with E-state index >= 15 is 0 Å². The van der Waals surface area contributed by atoms with Crippen molar-refractivity contribution in [3.8, 4) is 0 Å². The maximum atomic E-state index is 12.9. The average Bonchev–Trinajstić information content (AvgIpc) is 2.68. The minimum atomic E-state index is -4.19. The minimum absolute atomic E-state index is 0.00664. The van der Waals surface area contributed by atoms with Gasteiger partial charge in [-0.2, -0.15) is 13.2 Å². The van der Waals surface area contributed by atoms with E-state index < -0.39 is 12.1 Å². The highest BCUT2D eigenvalue weighted by Crippen LogP contribution is 2.33. The van der Waals surface area contributed by atoms with Gasteiger partial charge in [-0.3, -0.25) is 9.69 Å². The molecule has 2 aliphatic heterocycles. The molecular formula is C20H29F3N4O. The number of piperazine rings is 1. The summed E-state index contributed by atoms with van der Waals surface area (Å²) in [4.78, 5) is 18.6. The van der Waals surface area contributed by atoms with Crippen LogP contribution in [0.25, 0.3) is 0 Å². The first kappa shape index (κ1) is 20.9. The summed E-state index contributed by atoms with van der Waals surface area (Å²) >= 11 is 0. The lowest BCUT2D eigenvalue weighted by molar-refractivity contribution is -0.186. The molecule has 0 bridgehead atoms. The van der Waals surface area contributed by atoms with Gasteiger partial charge in [0, 0.05) is 44.1 Å². The number of carbonyl (C=O) groups excluding carboxylic acids is 1. The monoisotopic (exact) mass is 398 g/mol. The maximum absolute atomic E-state index is 12.9. The van der Waals surface area contributed by atoms with E-state index in [2.05, 4.69) is 22.0 Å². The quantitative estimate of drug-likeness (QED) is 0.828. The molecule has 1 aromatic rings. The highest BCUT2D eigenvalue weighted by atomic mass is 19.4. The molecule has 156 valence electrons. The molecule has 1 N–H and O–H groups in total. The van der Waals surface area contributed by atoms with Crippen LogP contribution in [0.2, 0.25) is 0 Å². The number of benzene rings is 1. The van der Waals surface area contributed by atoms with Crippen LogP contribution >= 0.6 is 0 Å². The SMILES string of the molecule is CCN1CCN(c2ccc(NC(=O)CN3CCC[C@H](C(F)(F)F)C3)cc2)CC1. The summed E-state index contributed by atoms with van der Waals surface area (Å²) in [5.41, 5.74) is 1.79. The smallest absolute Gasteiger partial charge is 0.369 e. The molecule has 8 heteroatoms.